The van der Waals surface area contributed by atoms with E-state index in [1.807, 2.05) is 6.07 Å². The molecule has 0 bridgehead atoms. The van der Waals surface area contributed by atoms with Gasteiger partial charge in [0.2, 0.25) is 6.79 Å². The molecule has 0 saturated heterocycles. The van der Waals surface area contributed by atoms with E-state index in [9.17, 15) is 14.3 Å². The van der Waals surface area contributed by atoms with E-state index in [2.05, 4.69) is 14.1 Å². The number of carbonyl (C=O) groups is 1. The van der Waals surface area contributed by atoms with Crippen LogP contribution in [-0.4, -0.2) is 42.8 Å². The van der Waals surface area contributed by atoms with Gasteiger partial charge in [0.15, 0.2) is 11.5 Å². The molecule has 1 atom stereocenters. The number of nitrogens with zero attached hydrogens (tertiary/aromatic N) is 1. The molecule has 29 heavy (non-hydrogen) atoms. The highest BCUT2D eigenvalue weighted by Gasteiger charge is 2.41. The summed E-state index contributed by atoms with van der Waals surface area (Å²) in [6, 6.07) is 8.25. The van der Waals surface area contributed by atoms with Gasteiger partial charge in [0.05, 0.1) is 33.7 Å². The first-order valence-corrected chi connectivity index (χ1v) is 9.53. The first kappa shape index (κ1) is 22.0. The number of benzene rings is 2. The predicted molar refractivity (Wildman–Crippen MR) is 102 cm³/mol. The number of Topliss-reactive ketones (excluding diaryl/α,β-unsaturated/α-hetero) is 1. The van der Waals surface area contributed by atoms with Gasteiger partial charge in [0.1, 0.15) is 17.6 Å². The molecule has 2 aliphatic rings. The molecule has 4 rings (SSSR count). The van der Waals surface area contributed by atoms with Crippen LogP contribution < -0.4 is 33.5 Å². The van der Waals surface area contributed by atoms with E-state index < -0.39 is 0 Å². The Hall–Kier alpha value is -1.71. The summed E-state index contributed by atoms with van der Waals surface area (Å²) in [6.07, 6.45) is 1.18. The molecule has 0 aliphatic carbocycles. The molecule has 0 aromatic heterocycles. The molecular weight excluding hydrogens is 488 g/mol. The first-order chi connectivity index (χ1) is 13.4. The van der Waals surface area contributed by atoms with Gasteiger partial charge in [-0.15, -0.1) is 0 Å². The Morgan fingerprint density at radius 1 is 1.28 bits per heavy atom. The molecule has 7 heteroatoms. The molecular formula is C22H25FINO4. The minimum absolute atomic E-state index is 0. The third-order valence-electron chi connectivity index (χ3n) is 5.95. The van der Waals surface area contributed by atoms with Crippen LogP contribution in [0, 0.1) is 5.82 Å². The average molecular weight is 513 g/mol. The van der Waals surface area contributed by atoms with E-state index in [0.717, 1.165) is 24.1 Å². The zero-order chi connectivity index (χ0) is 19.9. The number of likely N-dealkylation sites (N-methyl/N-ethyl adjacent to an activating group) is 1. The zero-order valence-corrected chi connectivity index (χ0v) is 18.7. The van der Waals surface area contributed by atoms with E-state index in [1.165, 1.54) is 6.07 Å². The highest BCUT2D eigenvalue weighted by atomic mass is 127. The second kappa shape index (κ2) is 8.57. The van der Waals surface area contributed by atoms with Gasteiger partial charge in [0, 0.05) is 24.0 Å². The van der Waals surface area contributed by atoms with Gasteiger partial charge in [0.25, 0.3) is 0 Å². The fourth-order valence-corrected chi connectivity index (χ4v) is 4.37. The van der Waals surface area contributed by atoms with Crippen molar-refractivity contribution in [2.45, 2.75) is 31.9 Å². The third-order valence-corrected chi connectivity index (χ3v) is 5.95. The second-order valence-corrected chi connectivity index (χ2v) is 8.10. The van der Waals surface area contributed by atoms with Crippen molar-refractivity contribution in [1.29, 1.82) is 0 Å². The standard InChI is InChI=1S/C22H25FNO4.HI/c1-24(2)8-7-15-10-20-22(28-13-27-20)17(12-25)21(15)19(24)11-16(26)9-14-5-3-4-6-18(14)23;/h3-6,10,19,25H,7-9,11-13H2,1-2H3;1H/q+1;/p-1. The lowest BCUT2D eigenvalue weighted by Crippen LogP contribution is -3.00. The number of aliphatic hydroxyl groups is 1. The maximum Gasteiger partial charge on any atom is 0.231 e. The van der Waals surface area contributed by atoms with Crippen molar-refractivity contribution in [1.82, 2.24) is 0 Å². The van der Waals surface area contributed by atoms with Gasteiger partial charge in [-0.1, -0.05) is 18.2 Å². The fraction of sp³-hybridized carbons (Fsp3) is 0.409. The van der Waals surface area contributed by atoms with E-state index in [0.29, 0.717) is 27.1 Å². The largest absolute Gasteiger partial charge is 1.00 e. The van der Waals surface area contributed by atoms with E-state index in [1.54, 1.807) is 18.2 Å². The number of aliphatic hydroxyl groups excluding tert-OH is 1. The van der Waals surface area contributed by atoms with Crippen LogP contribution >= 0.6 is 0 Å². The Morgan fingerprint density at radius 3 is 2.76 bits per heavy atom. The van der Waals surface area contributed by atoms with Crippen molar-refractivity contribution in [2.24, 2.45) is 0 Å². The van der Waals surface area contributed by atoms with Crippen LogP contribution in [0.2, 0.25) is 0 Å². The third kappa shape index (κ3) is 4.13. The normalized spacial score (nSPS) is 18.7. The van der Waals surface area contributed by atoms with E-state index in [4.69, 9.17) is 9.47 Å². The van der Waals surface area contributed by atoms with Gasteiger partial charge in [-0.2, -0.15) is 0 Å². The smallest absolute Gasteiger partial charge is 0.231 e. The summed E-state index contributed by atoms with van der Waals surface area (Å²) < 4.78 is 25.7. The summed E-state index contributed by atoms with van der Waals surface area (Å²) in [4.78, 5) is 12.9. The van der Waals surface area contributed by atoms with Crippen LogP contribution in [0.25, 0.3) is 0 Å². The lowest BCUT2D eigenvalue weighted by molar-refractivity contribution is -0.922. The predicted octanol–water partition coefficient (Wildman–Crippen LogP) is -0.0738. The van der Waals surface area contributed by atoms with Crippen molar-refractivity contribution in [3.63, 3.8) is 0 Å². The Labute approximate surface area is 187 Å². The van der Waals surface area contributed by atoms with Gasteiger partial charge in [-0.25, -0.2) is 4.39 Å². The van der Waals surface area contributed by atoms with Crippen LogP contribution in [-0.2, 0) is 24.2 Å². The number of carbonyl (C=O) groups excluding carboxylic acids is 1. The molecule has 0 fully saturated rings. The number of rotatable bonds is 5. The highest BCUT2D eigenvalue weighted by Crippen LogP contribution is 2.47. The zero-order valence-electron chi connectivity index (χ0n) is 16.6. The van der Waals surface area contributed by atoms with Crippen LogP contribution in [0.15, 0.2) is 30.3 Å². The van der Waals surface area contributed by atoms with Crippen molar-refractivity contribution in [3.05, 3.63) is 58.4 Å². The van der Waals surface area contributed by atoms with Crippen molar-refractivity contribution < 1.29 is 52.2 Å². The molecule has 2 aromatic rings. The number of ether oxygens (including phenoxy) is 2. The van der Waals surface area contributed by atoms with Gasteiger partial charge in [-0.05, 0) is 23.3 Å². The van der Waals surface area contributed by atoms with Crippen LogP contribution in [0.3, 0.4) is 0 Å². The highest BCUT2D eigenvalue weighted by molar-refractivity contribution is 5.81. The molecule has 1 unspecified atom stereocenters. The maximum absolute atomic E-state index is 14.0. The first-order valence-electron chi connectivity index (χ1n) is 9.53. The average Bonchev–Trinajstić information content (AvgIpc) is 3.12. The van der Waals surface area contributed by atoms with Gasteiger partial charge < -0.3 is 43.0 Å². The SMILES string of the molecule is C[N+]1(C)CCc2cc3c(c(CO)c2C1CC(=O)Cc1ccccc1F)OCO3.[I-]. The molecule has 2 aliphatic heterocycles. The summed E-state index contributed by atoms with van der Waals surface area (Å²) in [5.74, 6) is 0.866. The molecule has 0 saturated carbocycles. The molecule has 0 spiro atoms. The molecule has 2 aromatic carbocycles. The van der Waals surface area contributed by atoms with E-state index >= 15 is 0 Å². The molecule has 1 N–H and O–H groups in total. The second-order valence-electron chi connectivity index (χ2n) is 8.10. The molecule has 156 valence electrons. The van der Waals surface area contributed by atoms with E-state index in [-0.39, 0.29) is 67.9 Å². The number of halogens is 2. The molecule has 0 radical (unpaired) electrons. The van der Waals surface area contributed by atoms with Crippen LogP contribution in [0.4, 0.5) is 4.39 Å². The lowest BCUT2D eigenvalue weighted by atomic mass is 9.83. The molecule has 0 amide bonds. The number of fused-ring (bicyclic) bond motifs is 2. The molecule has 5 nitrogen and oxygen atoms in total. The number of ketones is 1. The summed E-state index contributed by atoms with van der Waals surface area (Å²) in [5.41, 5.74) is 3.20. The Morgan fingerprint density at radius 2 is 2.03 bits per heavy atom. The molecule has 2 heterocycles. The Balaban J connectivity index is 0.00000240. The van der Waals surface area contributed by atoms with Crippen molar-refractivity contribution in [2.75, 3.05) is 27.4 Å². The topological polar surface area (TPSA) is 55.8 Å². The van der Waals surface area contributed by atoms with Gasteiger partial charge >= 0.3 is 0 Å². The minimum atomic E-state index is -0.354. The van der Waals surface area contributed by atoms with Crippen molar-refractivity contribution >= 4 is 5.78 Å². The van der Waals surface area contributed by atoms with Crippen LogP contribution in [0.5, 0.6) is 11.5 Å². The quantitative estimate of drug-likeness (QED) is 0.450. The number of hydrogen-bond donors (Lipinski definition) is 1. The van der Waals surface area contributed by atoms with Crippen molar-refractivity contribution in [3.8, 4) is 11.5 Å². The van der Waals surface area contributed by atoms with Gasteiger partial charge in [-0.3, -0.25) is 4.79 Å². The summed E-state index contributed by atoms with van der Waals surface area (Å²) in [6.45, 7) is 0.836. The summed E-state index contributed by atoms with van der Waals surface area (Å²) in [5, 5.41) is 10.1. The maximum atomic E-state index is 14.0. The summed E-state index contributed by atoms with van der Waals surface area (Å²) in [7, 11) is 4.19. The summed E-state index contributed by atoms with van der Waals surface area (Å²) >= 11 is 0. The van der Waals surface area contributed by atoms with Crippen LogP contribution in [0.1, 0.15) is 34.7 Å². The Kier molecular flexibility index (Phi) is 6.50. The number of quaternary nitrogens is 1. The fourth-order valence-electron chi connectivity index (χ4n) is 4.37. The monoisotopic (exact) mass is 513 g/mol. The minimum Gasteiger partial charge on any atom is -1.00 e. The lowest BCUT2D eigenvalue weighted by Gasteiger charge is -2.43. The number of hydrogen-bond acceptors (Lipinski definition) is 4. The Bertz CT molecular complexity index is 931.